The number of benzene rings is 2. The van der Waals surface area contributed by atoms with E-state index in [0.717, 1.165) is 50.2 Å². The van der Waals surface area contributed by atoms with Crippen molar-refractivity contribution in [3.63, 3.8) is 0 Å². The number of piperazine rings is 1. The number of aliphatic hydroxyl groups is 1. The Morgan fingerprint density at radius 1 is 0.956 bits per heavy atom. The van der Waals surface area contributed by atoms with Gasteiger partial charge in [-0.2, -0.15) is 0 Å². The van der Waals surface area contributed by atoms with E-state index < -0.39 is 47.5 Å². The van der Waals surface area contributed by atoms with Crippen LogP contribution in [0.3, 0.4) is 0 Å². The van der Waals surface area contributed by atoms with Gasteiger partial charge in [-0.3, -0.25) is 14.4 Å². The van der Waals surface area contributed by atoms with E-state index >= 15 is 0 Å². The standard InChI is InChI=1S/C35H48F2N4O4/c1-4-7-12-30(41-17-16-40(15-8-5-2)33(44)34(41)45)32(43)39-29(21-25-19-27(36)22-28(37)20-25)31(42)23-38-35(13-14-35)26-11-9-10-24(6-3)18-26/h9-11,18-20,22,29-31,38,42H,4-8,12-17,21,23H2,1-3H3,(H,39,43)/t29-,30?,31+/m0/s1. The molecule has 246 valence electrons. The van der Waals surface area contributed by atoms with Crippen molar-refractivity contribution in [1.82, 2.24) is 20.4 Å². The van der Waals surface area contributed by atoms with Gasteiger partial charge in [0.05, 0.1) is 12.1 Å². The van der Waals surface area contributed by atoms with Crippen LogP contribution in [-0.4, -0.2) is 77.0 Å². The van der Waals surface area contributed by atoms with Crippen molar-refractivity contribution in [3.05, 3.63) is 70.8 Å². The van der Waals surface area contributed by atoms with Crippen molar-refractivity contribution in [2.75, 3.05) is 26.2 Å². The highest BCUT2D eigenvalue weighted by Crippen LogP contribution is 2.45. The average molecular weight is 627 g/mol. The molecule has 3 N–H and O–H groups in total. The van der Waals surface area contributed by atoms with Crippen molar-refractivity contribution < 1.29 is 28.3 Å². The van der Waals surface area contributed by atoms with Gasteiger partial charge in [-0.15, -0.1) is 0 Å². The second-order valence-corrected chi connectivity index (χ2v) is 12.5. The molecule has 3 atom stereocenters. The van der Waals surface area contributed by atoms with Crippen LogP contribution in [0.4, 0.5) is 8.78 Å². The summed E-state index contributed by atoms with van der Waals surface area (Å²) in [5.74, 6) is -3.31. The number of hydrogen-bond donors (Lipinski definition) is 3. The molecule has 2 aromatic carbocycles. The van der Waals surface area contributed by atoms with Gasteiger partial charge in [0.2, 0.25) is 5.91 Å². The van der Waals surface area contributed by atoms with Gasteiger partial charge in [-0.1, -0.05) is 64.3 Å². The SMILES string of the molecule is CCCCC(C(=O)N[C@@H](Cc1cc(F)cc(F)c1)[C@H](O)CNC1(c2cccc(CC)c2)CC1)N1CCN(CCCC)C(=O)C1=O. The summed E-state index contributed by atoms with van der Waals surface area (Å²) in [6.07, 6.45) is 5.04. The predicted molar refractivity (Wildman–Crippen MR) is 169 cm³/mol. The molecular formula is C35H48F2N4O4. The van der Waals surface area contributed by atoms with Crippen LogP contribution in [0.5, 0.6) is 0 Å². The Hall–Kier alpha value is -3.37. The maximum Gasteiger partial charge on any atom is 0.312 e. The number of nitrogens with zero attached hydrogens (tertiary/aromatic N) is 2. The monoisotopic (exact) mass is 626 g/mol. The molecule has 10 heteroatoms. The molecule has 1 saturated carbocycles. The number of hydrogen-bond acceptors (Lipinski definition) is 5. The van der Waals surface area contributed by atoms with Gasteiger partial charge in [0, 0.05) is 37.8 Å². The summed E-state index contributed by atoms with van der Waals surface area (Å²) >= 11 is 0. The zero-order chi connectivity index (χ0) is 32.6. The van der Waals surface area contributed by atoms with Crippen molar-refractivity contribution in [2.45, 2.75) is 102 Å². The van der Waals surface area contributed by atoms with Crippen LogP contribution in [0, 0.1) is 11.6 Å². The number of carbonyl (C=O) groups excluding carboxylic acids is 3. The zero-order valence-electron chi connectivity index (χ0n) is 26.8. The third-order valence-corrected chi connectivity index (χ3v) is 9.09. The summed E-state index contributed by atoms with van der Waals surface area (Å²) in [6, 6.07) is 9.67. The highest BCUT2D eigenvalue weighted by atomic mass is 19.1. The largest absolute Gasteiger partial charge is 0.390 e. The number of nitrogens with one attached hydrogen (secondary N) is 2. The first-order chi connectivity index (χ1) is 21.6. The van der Waals surface area contributed by atoms with E-state index in [1.807, 2.05) is 19.9 Å². The summed E-state index contributed by atoms with van der Waals surface area (Å²) < 4.78 is 28.2. The number of carbonyl (C=O) groups is 3. The summed E-state index contributed by atoms with van der Waals surface area (Å²) in [4.78, 5) is 42.9. The van der Waals surface area contributed by atoms with E-state index in [9.17, 15) is 28.3 Å². The second kappa shape index (κ2) is 15.8. The Morgan fingerprint density at radius 2 is 1.67 bits per heavy atom. The lowest BCUT2D eigenvalue weighted by Gasteiger charge is -2.38. The molecule has 1 unspecified atom stereocenters. The minimum atomic E-state index is -1.11. The lowest BCUT2D eigenvalue weighted by Crippen LogP contribution is -2.62. The molecule has 0 spiro atoms. The number of rotatable bonds is 17. The number of aryl methyl sites for hydroxylation is 1. The first kappa shape index (κ1) is 34.5. The fraction of sp³-hybridized carbons (Fsp3) is 0.571. The van der Waals surface area contributed by atoms with Crippen molar-refractivity contribution >= 4 is 17.7 Å². The van der Waals surface area contributed by atoms with Crippen molar-refractivity contribution in [1.29, 1.82) is 0 Å². The maximum absolute atomic E-state index is 14.1. The third kappa shape index (κ3) is 8.88. The molecular weight excluding hydrogens is 578 g/mol. The van der Waals surface area contributed by atoms with E-state index in [-0.39, 0.29) is 30.6 Å². The van der Waals surface area contributed by atoms with Crippen LogP contribution in [0.25, 0.3) is 0 Å². The van der Waals surface area contributed by atoms with E-state index in [2.05, 4.69) is 35.8 Å². The lowest BCUT2D eigenvalue weighted by molar-refractivity contribution is -0.159. The molecule has 2 fully saturated rings. The van der Waals surface area contributed by atoms with E-state index in [4.69, 9.17) is 0 Å². The average Bonchev–Trinajstić information content (AvgIpc) is 3.82. The van der Waals surface area contributed by atoms with Crippen LogP contribution < -0.4 is 10.6 Å². The molecule has 4 rings (SSSR count). The molecule has 1 aliphatic carbocycles. The normalized spacial score (nSPS) is 18.1. The van der Waals surface area contributed by atoms with Gasteiger partial charge in [0.1, 0.15) is 17.7 Å². The quantitative estimate of drug-likeness (QED) is 0.228. The topological polar surface area (TPSA) is 102 Å². The van der Waals surface area contributed by atoms with Gasteiger partial charge < -0.3 is 25.5 Å². The molecule has 3 amide bonds. The predicted octanol–water partition coefficient (Wildman–Crippen LogP) is 4.22. The fourth-order valence-electron chi connectivity index (χ4n) is 6.14. The van der Waals surface area contributed by atoms with Crippen molar-refractivity contribution in [3.8, 4) is 0 Å². The Kier molecular flexibility index (Phi) is 12.1. The molecule has 0 aromatic heterocycles. The maximum atomic E-state index is 14.1. The summed E-state index contributed by atoms with van der Waals surface area (Å²) in [6.45, 7) is 7.30. The van der Waals surface area contributed by atoms with Gasteiger partial charge >= 0.3 is 11.8 Å². The Morgan fingerprint density at radius 3 is 2.31 bits per heavy atom. The van der Waals surface area contributed by atoms with E-state index in [1.54, 1.807) is 0 Å². The highest BCUT2D eigenvalue weighted by molar-refractivity contribution is 6.35. The number of amides is 3. The molecule has 8 nitrogen and oxygen atoms in total. The summed E-state index contributed by atoms with van der Waals surface area (Å²) in [7, 11) is 0. The minimum Gasteiger partial charge on any atom is -0.390 e. The van der Waals surface area contributed by atoms with Gasteiger partial charge in [-0.25, -0.2) is 8.78 Å². The lowest BCUT2D eigenvalue weighted by atomic mass is 9.97. The van der Waals surface area contributed by atoms with Crippen LogP contribution in [0.15, 0.2) is 42.5 Å². The van der Waals surface area contributed by atoms with Crippen LogP contribution >= 0.6 is 0 Å². The zero-order valence-corrected chi connectivity index (χ0v) is 26.8. The van der Waals surface area contributed by atoms with Gasteiger partial charge in [-0.05, 0) is 67.3 Å². The number of unbranched alkanes of at least 4 members (excludes halogenated alkanes) is 2. The van der Waals surface area contributed by atoms with Crippen LogP contribution in [-0.2, 0) is 32.8 Å². The van der Waals surface area contributed by atoms with Crippen LogP contribution in [0.1, 0.15) is 82.4 Å². The molecule has 2 aliphatic rings. The third-order valence-electron chi connectivity index (χ3n) is 9.09. The van der Waals surface area contributed by atoms with Crippen LogP contribution in [0.2, 0.25) is 0 Å². The van der Waals surface area contributed by atoms with E-state index in [0.29, 0.717) is 25.9 Å². The Bertz CT molecular complexity index is 1310. The molecule has 45 heavy (non-hydrogen) atoms. The molecule has 1 saturated heterocycles. The molecule has 0 radical (unpaired) electrons. The highest BCUT2D eigenvalue weighted by Gasteiger charge is 2.45. The first-order valence-corrected chi connectivity index (χ1v) is 16.5. The number of halogens is 2. The summed E-state index contributed by atoms with van der Waals surface area (Å²) in [5.41, 5.74) is 2.37. The smallest absolute Gasteiger partial charge is 0.312 e. The summed E-state index contributed by atoms with van der Waals surface area (Å²) in [5, 5.41) is 17.9. The minimum absolute atomic E-state index is 0.0280. The second-order valence-electron chi connectivity index (χ2n) is 12.5. The molecule has 1 heterocycles. The van der Waals surface area contributed by atoms with E-state index in [1.165, 1.54) is 27.5 Å². The fourth-order valence-corrected chi connectivity index (χ4v) is 6.14. The van der Waals surface area contributed by atoms with Crippen molar-refractivity contribution in [2.24, 2.45) is 0 Å². The van der Waals surface area contributed by atoms with Gasteiger partial charge in [0.25, 0.3) is 0 Å². The molecule has 1 aliphatic heterocycles. The molecule has 2 aromatic rings. The Balaban J connectivity index is 1.53. The Labute approximate surface area is 265 Å². The number of aliphatic hydroxyl groups excluding tert-OH is 1. The first-order valence-electron chi connectivity index (χ1n) is 16.5. The van der Waals surface area contributed by atoms with Gasteiger partial charge in [0.15, 0.2) is 0 Å². The molecule has 0 bridgehead atoms.